The van der Waals surface area contributed by atoms with Crippen LogP contribution in [0, 0.1) is 5.41 Å². The number of carbonyl (C=O) groups excluding carboxylic acids is 3. The van der Waals surface area contributed by atoms with E-state index < -0.39 is 17.4 Å². The number of carbonyl (C=O) groups is 3. The van der Waals surface area contributed by atoms with Crippen molar-refractivity contribution in [2.75, 3.05) is 13.2 Å². The van der Waals surface area contributed by atoms with Crippen molar-refractivity contribution < 1.29 is 23.9 Å². The number of allylic oxidation sites excluding steroid dienone is 1. The fourth-order valence-corrected chi connectivity index (χ4v) is 2.00. The van der Waals surface area contributed by atoms with E-state index in [1.54, 1.807) is 13.8 Å². The number of esters is 2. The molecule has 0 spiro atoms. The van der Waals surface area contributed by atoms with Crippen LogP contribution in [0.5, 0.6) is 0 Å². The van der Waals surface area contributed by atoms with Crippen LogP contribution in [0.25, 0.3) is 0 Å². The van der Waals surface area contributed by atoms with E-state index >= 15 is 0 Å². The maximum atomic E-state index is 11.9. The van der Waals surface area contributed by atoms with Crippen LogP contribution in [0.4, 0.5) is 0 Å². The first-order valence-corrected chi connectivity index (χ1v) is 6.07. The van der Waals surface area contributed by atoms with Gasteiger partial charge in [-0.3, -0.25) is 9.59 Å². The zero-order chi connectivity index (χ0) is 13.6. The molecular weight excluding hydrogens is 236 g/mol. The van der Waals surface area contributed by atoms with Crippen LogP contribution in [0.2, 0.25) is 0 Å². The fourth-order valence-electron chi connectivity index (χ4n) is 2.00. The summed E-state index contributed by atoms with van der Waals surface area (Å²) in [5.74, 6) is -1.34. The van der Waals surface area contributed by atoms with Crippen LogP contribution in [0.3, 0.4) is 0 Å². The van der Waals surface area contributed by atoms with E-state index in [0.717, 1.165) is 0 Å². The molecule has 0 radical (unpaired) electrons. The topological polar surface area (TPSA) is 69.7 Å². The Kier molecular flexibility index (Phi) is 5.07. The SMILES string of the molecule is C/C=C/C(=O)OCC1(C(=O)OCC)CCCC1=O. The first-order valence-electron chi connectivity index (χ1n) is 6.07. The molecule has 1 fully saturated rings. The number of rotatable bonds is 5. The molecule has 0 aromatic rings. The van der Waals surface area contributed by atoms with E-state index in [1.807, 2.05) is 0 Å². The molecule has 100 valence electrons. The van der Waals surface area contributed by atoms with Gasteiger partial charge in [-0.2, -0.15) is 0 Å². The summed E-state index contributed by atoms with van der Waals surface area (Å²) in [6.45, 7) is 3.34. The summed E-state index contributed by atoms with van der Waals surface area (Å²) in [5, 5.41) is 0. The Morgan fingerprint density at radius 3 is 2.61 bits per heavy atom. The highest BCUT2D eigenvalue weighted by molar-refractivity contribution is 6.05. The lowest BCUT2D eigenvalue weighted by molar-refractivity contribution is -0.164. The van der Waals surface area contributed by atoms with Crippen molar-refractivity contribution in [2.24, 2.45) is 5.41 Å². The molecular formula is C13H18O5. The lowest BCUT2D eigenvalue weighted by Crippen LogP contribution is -2.41. The third-order valence-electron chi connectivity index (χ3n) is 2.97. The van der Waals surface area contributed by atoms with Crippen LogP contribution in [0.1, 0.15) is 33.1 Å². The van der Waals surface area contributed by atoms with Gasteiger partial charge in [-0.05, 0) is 26.7 Å². The van der Waals surface area contributed by atoms with E-state index in [9.17, 15) is 14.4 Å². The van der Waals surface area contributed by atoms with Gasteiger partial charge >= 0.3 is 11.9 Å². The number of hydrogen-bond donors (Lipinski definition) is 0. The summed E-state index contributed by atoms with van der Waals surface area (Å²) in [7, 11) is 0. The maximum absolute atomic E-state index is 11.9. The quantitative estimate of drug-likeness (QED) is 0.421. The van der Waals surface area contributed by atoms with E-state index in [1.165, 1.54) is 12.2 Å². The zero-order valence-electron chi connectivity index (χ0n) is 10.7. The van der Waals surface area contributed by atoms with Gasteiger partial charge in [-0.15, -0.1) is 0 Å². The van der Waals surface area contributed by atoms with Crippen molar-refractivity contribution in [1.82, 2.24) is 0 Å². The van der Waals surface area contributed by atoms with Crippen molar-refractivity contribution in [3.8, 4) is 0 Å². The monoisotopic (exact) mass is 254 g/mol. The van der Waals surface area contributed by atoms with Crippen molar-refractivity contribution in [3.63, 3.8) is 0 Å². The number of ketones is 1. The first kappa shape index (κ1) is 14.4. The number of Topliss-reactive ketones (excluding diaryl/α,β-unsaturated/α-hetero) is 1. The van der Waals surface area contributed by atoms with Gasteiger partial charge in [0.2, 0.25) is 0 Å². The standard InChI is InChI=1S/C13H18O5/c1-3-6-11(15)18-9-13(12(16)17-4-2)8-5-7-10(13)14/h3,6H,4-5,7-9H2,1-2H3/b6-3+. The molecule has 0 bridgehead atoms. The molecule has 0 aromatic carbocycles. The summed E-state index contributed by atoms with van der Waals surface area (Å²) in [4.78, 5) is 35.0. The van der Waals surface area contributed by atoms with Crippen molar-refractivity contribution in [1.29, 1.82) is 0 Å². The second-order valence-electron chi connectivity index (χ2n) is 4.19. The Morgan fingerprint density at radius 2 is 2.11 bits per heavy atom. The minimum absolute atomic E-state index is 0.200. The van der Waals surface area contributed by atoms with Gasteiger partial charge < -0.3 is 9.47 Å². The van der Waals surface area contributed by atoms with Crippen molar-refractivity contribution in [2.45, 2.75) is 33.1 Å². The highest BCUT2D eigenvalue weighted by Gasteiger charge is 2.51. The summed E-state index contributed by atoms with van der Waals surface area (Å²) >= 11 is 0. The second-order valence-corrected chi connectivity index (χ2v) is 4.19. The molecule has 0 amide bonds. The van der Waals surface area contributed by atoms with Gasteiger partial charge in [0.1, 0.15) is 6.61 Å². The van der Waals surface area contributed by atoms with E-state index in [2.05, 4.69) is 0 Å². The van der Waals surface area contributed by atoms with Crippen LogP contribution in [-0.2, 0) is 23.9 Å². The molecule has 18 heavy (non-hydrogen) atoms. The fraction of sp³-hybridized carbons (Fsp3) is 0.615. The molecule has 0 heterocycles. The zero-order valence-corrected chi connectivity index (χ0v) is 10.7. The Balaban J connectivity index is 2.76. The van der Waals surface area contributed by atoms with Crippen LogP contribution in [-0.4, -0.2) is 30.9 Å². The summed E-state index contributed by atoms with van der Waals surface area (Å²) in [6, 6.07) is 0. The van der Waals surface area contributed by atoms with Crippen LogP contribution >= 0.6 is 0 Å². The average molecular weight is 254 g/mol. The third kappa shape index (κ3) is 2.97. The summed E-state index contributed by atoms with van der Waals surface area (Å²) < 4.78 is 9.88. The second kappa shape index (κ2) is 6.33. The van der Waals surface area contributed by atoms with Gasteiger partial charge in [-0.25, -0.2) is 4.79 Å². The predicted octanol–water partition coefficient (Wildman–Crippen LogP) is 1.41. The molecule has 5 nitrogen and oxygen atoms in total. The molecule has 1 rings (SSSR count). The van der Waals surface area contributed by atoms with Gasteiger partial charge in [0.05, 0.1) is 6.61 Å². The molecule has 1 aliphatic rings. The van der Waals surface area contributed by atoms with E-state index in [4.69, 9.17) is 9.47 Å². The summed E-state index contributed by atoms with van der Waals surface area (Å²) in [5.41, 5.74) is -1.28. The Hall–Kier alpha value is -1.65. The first-order chi connectivity index (χ1) is 8.56. The molecule has 0 aromatic heterocycles. The smallest absolute Gasteiger partial charge is 0.330 e. The average Bonchev–Trinajstić information content (AvgIpc) is 2.70. The number of ether oxygens (including phenoxy) is 2. The van der Waals surface area contributed by atoms with Gasteiger partial charge in [0, 0.05) is 12.5 Å². The molecule has 0 saturated heterocycles. The van der Waals surface area contributed by atoms with E-state index in [-0.39, 0.29) is 19.0 Å². The van der Waals surface area contributed by atoms with Gasteiger partial charge in [-0.1, -0.05) is 6.08 Å². The van der Waals surface area contributed by atoms with Crippen molar-refractivity contribution in [3.05, 3.63) is 12.2 Å². The molecule has 1 saturated carbocycles. The Morgan fingerprint density at radius 1 is 1.39 bits per heavy atom. The van der Waals surface area contributed by atoms with Gasteiger partial charge in [0.15, 0.2) is 11.2 Å². The molecule has 0 aliphatic heterocycles. The van der Waals surface area contributed by atoms with Crippen LogP contribution < -0.4 is 0 Å². The number of hydrogen-bond acceptors (Lipinski definition) is 5. The molecule has 1 aliphatic carbocycles. The molecule has 1 atom stereocenters. The lowest BCUT2D eigenvalue weighted by atomic mass is 9.86. The summed E-state index contributed by atoms with van der Waals surface area (Å²) in [6.07, 6.45) is 4.13. The Bertz CT molecular complexity index is 372. The molecule has 5 heteroatoms. The molecule has 1 unspecified atom stereocenters. The predicted molar refractivity (Wildman–Crippen MR) is 63.7 cm³/mol. The highest BCUT2D eigenvalue weighted by Crippen LogP contribution is 2.36. The maximum Gasteiger partial charge on any atom is 0.330 e. The third-order valence-corrected chi connectivity index (χ3v) is 2.97. The lowest BCUT2D eigenvalue weighted by Gasteiger charge is -2.23. The highest BCUT2D eigenvalue weighted by atomic mass is 16.6. The van der Waals surface area contributed by atoms with E-state index in [0.29, 0.717) is 19.3 Å². The van der Waals surface area contributed by atoms with Crippen LogP contribution in [0.15, 0.2) is 12.2 Å². The van der Waals surface area contributed by atoms with Gasteiger partial charge in [0.25, 0.3) is 0 Å². The normalized spacial score (nSPS) is 23.3. The van der Waals surface area contributed by atoms with Crippen molar-refractivity contribution >= 4 is 17.7 Å². The minimum Gasteiger partial charge on any atom is -0.465 e. The largest absolute Gasteiger partial charge is 0.465 e. The molecule has 0 N–H and O–H groups in total. The minimum atomic E-state index is -1.28. The Labute approximate surface area is 106 Å².